The molecule has 0 aromatic heterocycles. The third kappa shape index (κ3) is 2.53. The van der Waals surface area contributed by atoms with Crippen LogP contribution in [-0.4, -0.2) is 42.6 Å². The Morgan fingerprint density at radius 3 is 2.81 bits per heavy atom. The zero-order valence-corrected chi connectivity index (χ0v) is 12.1. The van der Waals surface area contributed by atoms with Gasteiger partial charge in [0.1, 0.15) is 6.61 Å². The third-order valence-electron chi connectivity index (χ3n) is 4.43. The first kappa shape index (κ1) is 14.1. The molecule has 1 aromatic rings. The molecule has 2 amide bonds. The Balaban J connectivity index is 1.82. The van der Waals surface area contributed by atoms with Gasteiger partial charge in [-0.2, -0.15) is 0 Å². The van der Waals surface area contributed by atoms with E-state index in [2.05, 4.69) is 5.32 Å². The third-order valence-corrected chi connectivity index (χ3v) is 4.43. The van der Waals surface area contributed by atoms with E-state index in [0.29, 0.717) is 13.2 Å². The second kappa shape index (κ2) is 5.85. The number of hydrogen-bond donors (Lipinski definition) is 1. The molecule has 3 rings (SSSR count). The first-order valence-electron chi connectivity index (χ1n) is 7.48. The average Bonchev–Trinajstić information content (AvgIpc) is 3.14. The Morgan fingerprint density at radius 2 is 2.10 bits per heavy atom. The van der Waals surface area contributed by atoms with Crippen molar-refractivity contribution in [1.82, 2.24) is 10.2 Å². The van der Waals surface area contributed by atoms with Crippen LogP contribution in [0.4, 0.5) is 4.79 Å². The molecule has 0 radical (unpaired) electrons. The van der Waals surface area contributed by atoms with Gasteiger partial charge in [-0.3, -0.25) is 4.79 Å². The molecule has 1 aromatic carbocycles. The Kier molecular flexibility index (Phi) is 3.92. The van der Waals surface area contributed by atoms with E-state index < -0.39 is 6.09 Å². The van der Waals surface area contributed by atoms with Gasteiger partial charge < -0.3 is 10.1 Å². The molecule has 0 bridgehead atoms. The zero-order valence-electron chi connectivity index (χ0n) is 12.1. The summed E-state index contributed by atoms with van der Waals surface area (Å²) in [4.78, 5) is 26.0. The van der Waals surface area contributed by atoms with Gasteiger partial charge in [0.15, 0.2) is 0 Å². The molecule has 5 heteroatoms. The van der Waals surface area contributed by atoms with Crippen molar-refractivity contribution in [2.45, 2.75) is 25.3 Å². The molecular weight excluding hydrogens is 268 g/mol. The lowest BCUT2D eigenvalue weighted by atomic mass is 9.88. The van der Waals surface area contributed by atoms with Gasteiger partial charge in [-0.1, -0.05) is 37.3 Å². The summed E-state index contributed by atoms with van der Waals surface area (Å²) in [6.07, 6.45) is 0.235. The van der Waals surface area contributed by atoms with E-state index in [0.717, 1.165) is 18.5 Å². The minimum absolute atomic E-state index is 0.108. The lowest BCUT2D eigenvalue weighted by Gasteiger charge is -2.25. The molecule has 1 N–H and O–H groups in total. The summed E-state index contributed by atoms with van der Waals surface area (Å²) >= 11 is 0. The molecule has 21 heavy (non-hydrogen) atoms. The van der Waals surface area contributed by atoms with Crippen molar-refractivity contribution in [2.24, 2.45) is 5.92 Å². The van der Waals surface area contributed by atoms with Crippen LogP contribution in [-0.2, 0) is 9.53 Å². The van der Waals surface area contributed by atoms with Crippen LogP contribution in [0.1, 0.15) is 24.8 Å². The maximum absolute atomic E-state index is 12.8. The number of imide groups is 1. The summed E-state index contributed by atoms with van der Waals surface area (Å²) in [6, 6.07) is 9.88. The van der Waals surface area contributed by atoms with Crippen molar-refractivity contribution in [3.63, 3.8) is 0 Å². The molecule has 2 saturated heterocycles. The van der Waals surface area contributed by atoms with Crippen molar-refractivity contribution in [2.75, 3.05) is 19.7 Å². The van der Waals surface area contributed by atoms with Gasteiger partial charge in [-0.15, -0.1) is 0 Å². The molecule has 3 atom stereocenters. The van der Waals surface area contributed by atoms with Crippen molar-refractivity contribution in [3.05, 3.63) is 35.9 Å². The van der Waals surface area contributed by atoms with Crippen LogP contribution in [0.2, 0.25) is 0 Å². The molecule has 5 nitrogen and oxygen atoms in total. The van der Waals surface area contributed by atoms with E-state index >= 15 is 0 Å². The number of rotatable bonds is 3. The highest BCUT2D eigenvalue weighted by Gasteiger charge is 2.44. The lowest BCUT2D eigenvalue weighted by Crippen LogP contribution is -2.44. The first-order valence-corrected chi connectivity index (χ1v) is 7.48. The maximum Gasteiger partial charge on any atom is 0.416 e. The van der Waals surface area contributed by atoms with Gasteiger partial charge in [0.2, 0.25) is 5.91 Å². The van der Waals surface area contributed by atoms with E-state index in [1.54, 1.807) is 0 Å². The first-order chi connectivity index (χ1) is 10.2. The smallest absolute Gasteiger partial charge is 0.416 e. The lowest BCUT2D eigenvalue weighted by molar-refractivity contribution is -0.133. The van der Waals surface area contributed by atoms with Gasteiger partial charge in [-0.25, -0.2) is 9.69 Å². The summed E-state index contributed by atoms with van der Waals surface area (Å²) < 4.78 is 5.04. The van der Waals surface area contributed by atoms with Crippen LogP contribution < -0.4 is 5.32 Å². The van der Waals surface area contributed by atoms with Crippen LogP contribution in [0.3, 0.4) is 0 Å². The van der Waals surface area contributed by atoms with Gasteiger partial charge in [0.25, 0.3) is 0 Å². The zero-order chi connectivity index (χ0) is 14.8. The number of cyclic esters (lactones) is 1. The molecule has 112 valence electrons. The van der Waals surface area contributed by atoms with Crippen LogP contribution in [0.25, 0.3) is 0 Å². The maximum atomic E-state index is 12.8. The molecule has 0 spiro atoms. The van der Waals surface area contributed by atoms with Crippen molar-refractivity contribution >= 4 is 12.0 Å². The number of nitrogens with zero attached hydrogens (tertiary/aromatic N) is 1. The molecule has 0 aliphatic carbocycles. The Hall–Kier alpha value is -1.88. The monoisotopic (exact) mass is 288 g/mol. The minimum Gasteiger partial charge on any atom is -0.447 e. The number of ether oxygens (including phenoxy) is 1. The number of carbonyl (C=O) groups is 2. The van der Waals surface area contributed by atoms with Crippen molar-refractivity contribution in [1.29, 1.82) is 0 Å². The van der Waals surface area contributed by atoms with E-state index in [9.17, 15) is 9.59 Å². The van der Waals surface area contributed by atoms with Gasteiger partial charge >= 0.3 is 6.09 Å². The number of hydrogen-bond acceptors (Lipinski definition) is 4. The predicted octanol–water partition coefficient (Wildman–Crippen LogP) is 1.75. The molecule has 2 fully saturated rings. The molecule has 2 unspecified atom stereocenters. The number of amides is 2. The van der Waals surface area contributed by atoms with Crippen LogP contribution in [0.15, 0.2) is 30.3 Å². The summed E-state index contributed by atoms with van der Waals surface area (Å²) in [6.45, 7) is 3.66. The summed E-state index contributed by atoms with van der Waals surface area (Å²) in [5, 5.41) is 3.27. The molecule has 0 saturated carbocycles. The number of nitrogens with one attached hydrogen (secondary N) is 1. The topological polar surface area (TPSA) is 58.6 Å². The number of carbonyl (C=O) groups excluding carboxylic acids is 2. The van der Waals surface area contributed by atoms with Crippen LogP contribution in [0.5, 0.6) is 0 Å². The molecule has 2 heterocycles. The minimum atomic E-state index is -0.495. The van der Waals surface area contributed by atoms with Gasteiger partial charge in [0.05, 0.1) is 12.0 Å². The fraction of sp³-hybridized carbons (Fsp3) is 0.500. The van der Waals surface area contributed by atoms with Gasteiger partial charge in [-0.05, 0) is 12.0 Å². The second-order valence-electron chi connectivity index (χ2n) is 5.63. The predicted molar refractivity (Wildman–Crippen MR) is 77.8 cm³/mol. The Bertz CT molecular complexity index is 532. The Labute approximate surface area is 124 Å². The average molecular weight is 288 g/mol. The standard InChI is InChI=1S/C16H20N2O3/c1-2-12-10-21-16(20)18(12)15(19)14-9-17-8-13(14)11-6-4-3-5-7-11/h3-7,12-14,17H,2,8-10H2,1H3/t12-,13?,14?/m0/s1. The largest absolute Gasteiger partial charge is 0.447 e. The normalized spacial score (nSPS) is 28.7. The highest BCUT2D eigenvalue weighted by atomic mass is 16.6. The van der Waals surface area contributed by atoms with E-state index in [4.69, 9.17) is 4.74 Å². The second-order valence-corrected chi connectivity index (χ2v) is 5.63. The van der Waals surface area contributed by atoms with E-state index in [1.807, 2.05) is 37.3 Å². The van der Waals surface area contributed by atoms with Crippen molar-refractivity contribution < 1.29 is 14.3 Å². The number of benzene rings is 1. The highest BCUT2D eigenvalue weighted by molar-refractivity contribution is 5.95. The van der Waals surface area contributed by atoms with Crippen LogP contribution in [0, 0.1) is 5.92 Å². The fourth-order valence-corrected chi connectivity index (χ4v) is 3.20. The molecular formula is C16H20N2O3. The van der Waals surface area contributed by atoms with E-state index in [-0.39, 0.29) is 23.8 Å². The summed E-state index contributed by atoms with van der Waals surface area (Å²) in [5.41, 5.74) is 1.14. The fourth-order valence-electron chi connectivity index (χ4n) is 3.20. The summed E-state index contributed by atoms with van der Waals surface area (Å²) in [5.74, 6) is -0.195. The van der Waals surface area contributed by atoms with Gasteiger partial charge in [0, 0.05) is 19.0 Å². The highest BCUT2D eigenvalue weighted by Crippen LogP contribution is 2.31. The van der Waals surface area contributed by atoms with Crippen LogP contribution >= 0.6 is 0 Å². The van der Waals surface area contributed by atoms with Crippen molar-refractivity contribution in [3.8, 4) is 0 Å². The summed E-state index contributed by atoms with van der Waals surface area (Å²) in [7, 11) is 0. The SMILES string of the molecule is CC[C@H]1COC(=O)N1C(=O)C1CNCC1c1ccccc1. The molecule has 2 aliphatic heterocycles. The van der Waals surface area contributed by atoms with E-state index in [1.165, 1.54) is 4.90 Å². The Morgan fingerprint density at radius 1 is 1.33 bits per heavy atom. The molecule has 2 aliphatic rings. The quantitative estimate of drug-likeness (QED) is 0.920.